The number of carbonyl (C=O) groups is 1. The lowest BCUT2D eigenvalue weighted by Gasteiger charge is -1.93. The Morgan fingerprint density at radius 1 is 1.59 bits per heavy atom. The van der Waals surface area contributed by atoms with Gasteiger partial charge in [-0.2, -0.15) is 4.98 Å². The number of aromatic amines is 1. The van der Waals surface area contributed by atoms with E-state index in [9.17, 15) is 9.59 Å². The first-order chi connectivity index (χ1) is 8.22. The summed E-state index contributed by atoms with van der Waals surface area (Å²) >= 11 is 0. The molecule has 0 amide bonds. The van der Waals surface area contributed by atoms with Gasteiger partial charge in [-0.25, -0.2) is 4.79 Å². The highest BCUT2D eigenvalue weighted by atomic mass is 16.5. The summed E-state index contributed by atoms with van der Waals surface area (Å²) in [6, 6.07) is 1.32. The molecule has 0 radical (unpaired) electrons. The minimum absolute atomic E-state index is 0.0186. The molecule has 0 fully saturated rings. The Morgan fingerprint density at radius 3 is 3.12 bits per heavy atom. The Balaban J connectivity index is 2.34. The predicted molar refractivity (Wildman–Crippen MR) is 56.3 cm³/mol. The molecule has 0 aliphatic rings. The standard InChI is InChI=1S/C10H9N3O4/c1-2-16-10(15)8-12-9(17-13-8)6-5-11-4-3-7(6)14/h3-5H,2H2,1H3,(H,11,14). The first kappa shape index (κ1) is 11.1. The van der Waals surface area contributed by atoms with Crippen molar-refractivity contribution in [1.82, 2.24) is 15.1 Å². The molecule has 0 atom stereocenters. The highest BCUT2D eigenvalue weighted by Crippen LogP contribution is 2.11. The van der Waals surface area contributed by atoms with Crippen LogP contribution >= 0.6 is 0 Å². The smallest absolute Gasteiger partial charge is 0.379 e. The van der Waals surface area contributed by atoms with Crippen LogP contribution in [0.15, 0.2) is 27.8 Å². The summed E-state index contributed by atoms with van der Waals surface area (Å²) in [5.41, 5.74) is -0.0710. The monoisotopic (exact) mass is 235 g/mol. The number of rotatable bonds is 3. The zero-order valence-electron chi connectivity index (χ0n) is 8.97. The molecule has 0 spiro atoms. The van der Waals surface area contributed by atoms with E-state index in [0.29, 0.717) is 0 Å². The third-order valence-corrected chi connectivity index (χ3v) is 1.94. The molecule has 2 aromatic rings. The fourth-order valence-electron chi connectivity index (χ4n) is 1.19. The molecule has 17 heavy (non-hydrogen) atoms. The van der Waals surface area contributed by atoms with Crippen molar-refractivity contribution in [3.8, 4) is 11.5 Å². The van der Waals surface area contributed by atoms with Gasteiger partial charge in [0.25, 0.3) is 11.7 Å². The third-order valence-electron chi connectivity index (χ3n) is 1.94. The maximum absolute atomic E-state index is 11.5. The molecule has 2 heterocycles. The molecule has 0 saturated carbocycles. The highest BCUT2D eigenvalue weighted by Gasteiger charge is 2.17. The number of pyridine rings is 1. The lowest BCUT2D eigenvalue weighted by molar-refractivity contribution is 0.0508. The van der Waals surface area contributed by atoms with Crippen LogP contribution in [0.1, 0.15) is 17.5 Å². The van der Waals surface area contributed by atoms with Gasteiger partial charge in [-0.05, 0) is 12.1 Å². The third kappa shape index (κ3) is 2.22. The van der Waals surface area contributed by atoms with Crippen molar-refractivity contribution in [1.29, 1.82) is 0 Å². The van der Waals surface area contributed by atoms with Gasteiger partial charge in [0.15, 0.2) is 5.43 Å². The molecule has 2 aromatic heterocycles. The van der Waals surface area contributed by atoms with Crippen LogP contribution < -0.4 is 5.43 Å². The second kappa shape index (κ2) is 4.60. The van der Waals surface area contributed by atoms with E-state index in [0.717, 1.165) is 0 Å². The lowest BCUT2D eigenvalue weighted by Crippen LogP contribution is -2.07. The first-order valence-corrected chi connectivity index (χ1v) is 4.90. The second-order valence-corrected chi connectivity index (χ2v) is 3.07. The minimum Gasteiger partial charge on any atom is -0.460 e. The zero-order valence-corrected chi connectivity index (χ0v) is 8.97. The molecule has 0 aliphatic carbocycles. The molecule has 0 aromatic carbocycles. The second-order valence-electron chi connectivity index (χ2n) is 3.07. The first-order valence-electron chi connectivity index (χ1n) is 4.90. The maximum Gasteiger partial charge on any atom is 0.379 e. The molecule has 0 unspecified atom stereocenters. The van der Waals surface area contributed by atoms with Gasteiger partial charge in [-0.1, -0.05) is 0 Å². The van der Waals surface area contributed by atoms with E-state index in [2.05, 4.69) is 15.1 Å². The number of nitrogens with one attached hydrogen (secondary N) is 1. The topological polar surface area (TPSA) is 98.1 Å². The fourth-order valence-corrected chi connectivity index (χ4v) is 1.19. The number of hydrogen-bond acceptors (Lipinski definition) is 6. The van der Waals surface area contributed by atoms with Crippen molar-refractivity contribution < 1.29 is 14.1 Å². The highest BCUT2D eigenvalue weighted by molar-refractivity contribution is 5.85. The number of esters is 1. The van der Waals surface area contributed by atoms with Gasteiger partial charge in [0.1, 0.15) is 5.56 Å². The molecule has 7 nitrogen and oxygen atoms in total. The predicted octanol–water partition coefficient (Wildman–Crippen LogP) is 0.602. The van der Waals surface area contributed by atoms with Crippen LogP contribution in [0.2, 0.25) is 0 Å². The van der Waals surface area contributed by atoms with Gasteiger partial charge in [0.05, 0.1) is 6.61 Å². The Kier molecular flexibility index (Phi) is 2.99. The summed E-state index contributed by atoms with van der Waals surface area (Å²) in [6.45, 7) is 1.88. The number of ether oxygens (including phenoxy) is 1. The molecule has 1 N–H and O–H groups in total. The summed E-state index contributed by atoms with van der Waals surface area (Å²) in [5.74, 6) is -0.908. The van der Waals surface area contributed by atoms with Crippen molar-refractivity contribution in [2.45, 2.75) is 6.92 Å². The molecule has 88 valence electrons. The minimum atomic E-state index is -0.685. The molecule has 0 aliphatic heterocycles. The van der Waals surface area contributed by atoms with E-state index in [1.807, 2.05) is 0 Å². The van der Waals surface area contributed by atoms with Crippen LogP contribution in [0.5, 0.6) is 0 Å². The number of carbonyl (C=O) groups excluding carboxylic acids is 1. The lowest BCUT2D eigenvalue weighted by atomic mass is 10.3. The molecular weight excluding hydrogens is 226 g/mol. The van der Waals surface area contributed by atoms with Gasteiger partial charge in [-0.3, -0.25) is 4.79 Å². The number of aromatic nitrogens is 3. The van der Waals surface area contributed by atoms with Crippen LogP contribution in [-0.2, 0) is 4.74 Å². The Morgan fingerprint density at radius 2 is 2.41 bits per heavy atom. The summed E-state index contributed by atoms with van der Waals surface area (Å²) in [4.78, 5) is 29.2. The maximum atomic E-state index is 11.5. The van der Waals surface area contributed by atoms with Crippen LogP contribution in [-0.4, -0.2) is 27.7 Å². The number of H-pyrrole nitrogens is 1. The van der Waals surface area contributed by atoms with Crippen LogP contribution in [0, 0.1) is 0 Å². The molecule has 2 rings (SSSR count). The summed E-state index contributed by atoms with van der Waals surface area (Å²) in [5, 5.41) is 3.44. The van der Waals surface area contributed by atoms with Crippen LogP contribution in [0.4, 0.5) is 0 Å². The normalized spacial score (nSPS) is 10.2. The van der Waals surface area contributed by atoms with Crippen molar-refractivity contribution in [2.75, 3.05) is 6.61 Å². The Bertz CT molecular complexity index is 587. The van der Waals surface area contributed by atoms with E-state index < -0.39 is 5.97 Å². The zero-order chi connectivity index (χ0) is 12.3. The Hall–Kier alpha value is -2.44. The Labute approximate surface area is 95.4 Å². The van der Waals surface area contributed by atoms with Gasteiger partial charge in [0, 0.05) is 18.5 Å². The van der Waals surface area contributed by atoms with Crippen molar-refractivity contribution >= 4 is 5.97 Å². The van der Waals surface area contributed by atoms with E-state index >= 15 is 0 Å². The fraction of sp³-hybridized carbons (Fsp3) is 0.200. The number of hydrogen-bond donors (Lipinski definition) is 1. The summed E-state index contributed by atoms with van der Waals surface area (Å²) in [6.07, 6.45) is 2.90. The van der Waals surface area contributed by atoms with Gasteiger partial charge in [0.2, 0.25) is 0 Å². The van der Waals surface area contributed by atoms with Crippen molar-refractivity contribution in [3.63, 3.8) is 0 Å². The molecule has 0 saturated heterocycles. The van der Waals surface area contributed by atoms with Crippen molar-refractivity contribution in [2.24, 2.45) is 0 Å². The van der Waals surface area contributed by atoms with Gasteiger partial charge >= 0.3 is 5.97 Å². The molecule has 7 heteroatoms. The SMILES string of the molecule is CCOC(=O)c1noc(-c2c[nH]ccc2=O)n1. The van der Waals surface area contributed by atoms with E-state index in [-0.39, 0.29) is 29.3 Å². The van der Waals surface area contributed by atoms with E-state index in [4.69, 9.17) is 9.26 Å². The molecule has 0 bridgehead atoms. The van der Waals surface area contributed by atoms with Crippen molar-refractivity contribution in [3.05, 3.63) is 34.5 Å². The van der Waals surface area contributed by atoms with E-state index in [1.165, 1.54) is 18.5 Å². The average Bonchev–Trinajstić information content (AvgIpc) is 2.79. The van der Waals surface area contributed by atoms with Crippen LogP contribution in [0.3, 0.4) is 0 Å². The molecular formula is C10H9N3O4. The number of nitrogens with zero attached hydrogens (tertiary/aromatic N) is 2. The quantitative estimate of drug-likeness (QED) is 0.782. The van der Waals surface area contributed by atoms with Gasteiger partial charge in [-0.15, -0.1) is 0 Å². The van der Waals surface area contributed by atoms with Crippen LogP contribution in [0.25, 0.3) is 11.5 Å². The largest absolute Gasteiger partial charge is 0.460 e. The summed E-state index contributed by atoms with van der Waals surface area (Å²) in [7, 11) is 0. The average molecular weight is 235 g/mol. The van der Waals surface area contributed by atoms with E-state index in [1.54, 1.807) is 6.92 Å². The van der Waals surface area contributed by atoms with Gasteiger partial charge < -0.3 is 14.2 Å². The summed E-state index contributed by atoms with van der Waals surface area (Å²) < 4.78 is 9.51.